The number of nitrogen functional groups attached to an aromatic ring is 1. The fraction of sp³-hybridized carbons (Fsp3) is 0.615. The van der Waals surface area contributed by atoms with Crippen molar-refractivity contribution in [3.05, 3.63) is 10.7 Å². The number of anilines is 2. The van der Waals surface area contributed by atoms with Gasteiger partial charge in [-0.1, -0.05) is 16.8 Å². The average Bonchev–Trinajstić information content (AvgIpc) is 2.50. The molecular formula is C13H20ClN5O4. The van der Waals surface area contributed by atoms with Crippen molar-refractivity contribution in [2.45, 2.75) is 18.6 Å². The first-order chi connectivity index (χ1) is 10.9. The zero-order valence-corrected chi connectivity index (χ0v) is 13.7. The summed E-state index contributed by atoms with van der Waals surface area (Å²) in [4.78, 5) is 7.85. The molecule has 0 radical (unpaired) electrons. The highest BCUT2D eigenvalue weighted by atomic mass is 35.5. The van der Waals surface area contributed by atoms with E-state index >= 15 is 0 Å². The SMILES string of the molecule is COC1(OC)CC(CO)(CNc2nc(N)nc(Cl)c2/C=N/O)C1. The van der Waals surface area contributed by atoms with Crippen LogP contribution in [0.1, 0.15) is 18.4 Å². The van der Waals surface area contributed by atoms with Gasteiger partial charge in [0.2, 0.25) is 5.95 Å². The second-order valence-corrected chi connectivity index (χ2v) is 5.92. The Morgan fingerprint density at radius 3 is 2.57 bits per heavy atom. The largest absolute Gasteiger partial charge is 0.411 e. The number of methoxy groups -OCH3 is 2. The average molecular weight is 346 g/mol. The van der Waals surface area contributed by atoms with Gasteiger partial charge in [0.1, 0.15) is 11.0 Å². The molecule has 1 fully saturated rings. The molecule has 0 unspecified atom stereocenters. The number of halogens is 1. The summed E-state index contributed by atoms with van der Waals surface area (Å²) < 4.78 is 10.7. The fourth-order valence-corrected chi connectivity index (χ4v) is 3.02. The van der Waals surface area contributed by atoms with E-state index in [9.17, 15) is 5.11 Å². The van der Waals surface area contributed by atoms with Crippen molar-refractivity contribution in [2.24, 2.45) is 10.6 Å². The quantitative estimate of drug-likeness (QED) is 0.186. The van der Waals surface area contributed by atoms with Crippen molar-refractivity contribution >= 4 is 29.6 Å². The molecule has 1 aromatic heterocycles. The number of rotatable bonds is 7. The lowest BCUT2D eigenvalue weighted by molar-refractivity contribution is -0.299. The molecule has 128 valence electrons. The zero-order chi connectivity index (χ0) is 17.1. The Morgan fingerprint density at radius 2 is 2.04 bits per heavy atom. The molecule has 10 heteroatoms. The van der Waals surface area contributed by atoms with Crippen molar-refractivity contribution in [3.63, 3.8) is 0 Å². The lowest BCUT2D eigenvalue weighted by atomic mass is 9.64. The van der Waals surface area contributed by atoms with Gasteiger partial charge in [-0.25, -0.2) is 4.98 Å². The fourth-order valence-electron chi connectivity index (χ4n) is 2.79. The van der Waals surface area contributed by atoms with Crippen molar-refractivity contribution in [2.75, 3.05) is 38.4 Å². The molecule has 0 aliphatic heterocycles. The van der Waals surface area contributed by atoms with Crippen LogP contribution in [-0.4, -0.2) is 59.7 Å². The van der Waals surface area contributed by atoms with Crippen molar-refractivity contribution in [3.8, 4) is 0 Å². The van der Waals surface area contributed by atoms with Gasteiger partial charge in [0.05, 0.1) is 18.4 Å². The van der Waals surface area contributed by atoms with Gasteiger partial charge in [0, 0.05) is 39.0 Å². The molecular weight excluding hydrogens is 326 g/mol. The lowest BCUT2D eigenvalue weighted by Crippen LogP contribution is -2.58. The Morgan fingerprint density at radius 1 is 1.39 bits per heavy atom. The van der Waals surface area contributed by atoms with Crippen LogP contribution in [0.4, 0.5) is 11.8 Å². The predicted molar refractivity (Wildman–Crippen MR) is 84.8 cm³/mol. The monoisotopic (exact) mass is 345 g/mol. The molecule has 2 rings (SSSR count). The van der Waals surface area contributed by atoms with Gasteiger partial charge in [-0.3, -0.25) is 0 Å². The van der Waals surface area contributed by atoms with Crippen LogP contribution in [0.15, 0.2) is 5.16 Å². The molecule has 0 saturated heterocycles. The summed E-state index contributed by atoms with van der Waals surface area (Å²) in [6, 6.07) is 0. The summed E-state index contributed by atoms with van der Waals surface area (Å²) in [5, 5.41) is 24.5. The maximum Gasteiger partial charge on any atom is 0.223 e. The number of hydrogen-bond donors (Lipinski definition) is 4. The van der Waals surface area contributed by atoms with Crippen molar-refractivity contribution in [1.29, 1.82) is 0 Å². The van der Waals surface area contributed by atoms with Crippen LogP contribution < -0.4 is 11.1 Å². The van der Waals surface area contributed by atoms with Crippen LogP contribution in [0.3, 0.4) is 0 Å². The Hall–Kier alpha value is -1.68. The molecule has 1 aromatic rings. The summed E-state index contributed by atoms with van der Waals surface area (Å²) in [5.74, 6) is -0.370. The molecule has 23 heavy (non-hydrogen) atoms. The predicted octanol–water partition coefficient (Wildman–Crippen LogP) is 0.694. The van der Waals surface area contributed by atoms with Gasteiger partial charge < -0.3 is 30.8 Å². The number of ether oxygens (including phenoxy) is 2. The minimum absolute atomic E-state index is 0.0117. The van der Waals surface area contributed by atoms with E-state index in [1.165, 1.54) is 0 Å². The van der Waals surface area contributed by atoms with Gasteiger partial charge in [-0.05, 0) is 0 Å². The number of hydrogen-bond acceptors (Lipinski definition) is 9. The maximum absolute atomic E-state index is 9.72. The molecule has 0 spiro atoms. The van der Waals surface area contributed by atoms with Gasteiger partial charge >= 0.3 is 0 Å². The Bertz CT molecular complexity index is 586. The Balaban J connectivity index is 2.14. The normalized spacial score (nSPS) is 18.8. The summed E-state index contributed by atoms with van der Waals surface area (Å²) in [7, 11) is 3.14. The second-order valence-electron chi connectivity index (χ2n) is 5.56. The van der Waals surface area contributed by atoms with E-state index in [0.29, 0.717) is 30.8 Å². The summed E-state index contributed by atoms with van der Waals surface area (Å²) in [6.07, 6.45) is 2.16. The molecule has 1 saturated carbocycles. The summed E-state index contributed by atoms with van der Waals surface area (Å²) >= 11 is 5.97. The van der Waals surface area contributed by atoms with E-state index in [-0.39, 0.29) is 17.7 Å². The molecule has 1 aliphatic rings. The molecule has 0 amide bonds. The third kappa shape index (κ3) is 3.47. The first-order valence-corrected chi connectivity index (χ1v) is 7.26. The molecule has 1 heterocycles. The maximum atomic E-state index is 9.72. The number of nitrogens with one attached hydrogen (secondary N) is 1. The second kappa shape index (κ2) is 6.83. The molecule has 0 bridgehead atoms. The van der Waals surface area contributed by atoms with Crippen LogP contribution in [0, 0.1) is 5.41 Å². The van der Waals surface area contributed by atoms with Crippen LogP contribution >= 0.6 is 11.6 Å². The van der Waals surface area contributed by atoms with E-state index in [1.54, 1.807) is 14.2 Å². The third-order valence-electron chi connectivity index (χ3n) is 4.10. The smallest absolute Gasteiger partial charge is 0.223 e. The van der Waals surface area contributed by atoms with E-state index in [1.807, 2.05) is 0 Å². The minimum atomic E-state index is -0.678. The number of oxime groups is 1. The van der Waals surface area contributed by atoms with Crippen molar-refractivity contribution < 1.29 is 19.8 Å². The zero-order valence-electron chi connectivity index (χ0n) is 12.9. The number of aliphatic hydroxyl groups excluding tert-OH is 1. The van der Waals surface area contributed by atoms with E-state index in [2.05, 4.69) is 20.4 Å². The minimum Gasteiger partial charge on any atom is -0.411 e. The third-order valence-corrected chi connectivity index (χ3v) is 4.39. The first-order valence-electron chi connectivity index (χ1n) is 6.88. The molecule has 1 aliphatic carbocycles. The lowest BCUT2D eigenvalue weighted by Gasteiger charge is -2.53. The number of nitrogens with two attached hydrogens (primary N) is 1. The van der Waals surface area contributed by atoms with Crippen LogP contribution in [0.25, 0.3) is 0 Å². The highest BCUT2D eigenvalue weighted by Crippen LogP contribution is 2.50. The number of nitrogens with zero attached hydrogens (tertiary/aromatic N) is 3. The summed E-state index contributed by atoms with van der Waals surface area (Å²) in [6.45, 7) is 0.337. The van der Waals surface area contributed by atoms with Gasteiger partial charge in [0.15, 0.2) is 5.79 Å². The van der Waals surface area contributed by atoms with Gasteiger partial charge in [-0.15, -0.1) is 0 Å². The highest BCUT2D eigenvalue weighted by Gasteiger charge is 2.55. The first kappa shape index (κ1) is 17.7. The summed E-state index contributed by atoms with van der Waals surface area (Å²) in [5.41, 5.74) is 5.47. The topological polar surface area (TPSA) is 135 Å². The highest BCUT2D eigenvalue weighted by molar-refractivity contribution is 6.32. The molecule has 9 nitrogen and oxygen atoms in total. The van der Waals surface area contributed by atoms with Crippen LogP contribution in [0.2, 0.25) is 5.15 Å². The van der Waals surface area contributed by atoms with Crippen LogP contribution in [-0.2, 0) is 9.47 Å². The number of aromatic nitrogens is 2. The Kier molecular flexibility index (Phi) is 5.25. The van der Waals surface area contributed by atoms with E-state index < -0.39 is 11.2 Å². The van der Waals surface area contributed by atoms with Gasteiger partial charge in [0.25, 0.3) is 0 Å². The molecule has 0 aromatic carbocycles. The van der Waals surface area contributed by atoms with Crippen molar-refractivity contribution in [1.82, 2.24) is 9.97 Å². The Labute approximate surface area is 138 Å². The van der Waals surface area contributed by atoms with Gasteiger partial charge in [-0.2, -0.15) is 4.98 Å². The standard InChI is InChI=1S/C13H20ClN5O4/c1-22-13(23-2)4-12(5-13,7-20)6-16-10-8(3-17-21)9(14)18-11(15)19-10/h3,20-21H,4-7H2,1-2H3,(H3,15,16,18,19)/b17-3+. The molecule has 0 atom stereocenters. The van der Waals surface area contributed by atoms with E-state index in [4.69, 9.17) is 32.0 Å². The van der Waals surface area contributed by atoms with E-state index in [0.717, 1.165) is 6.21 Å². The van der Waals surface area contributed by atoms with Crippen LogP contribution in [0.5, 0.6) is 0 Å². The number of aliphatic hydroxyl groups is 1. The molecule has 5 N–H and O–H groups in total.